The van der Waals surface area contributed by atoms with E-state index in [1.54, 1.807) is 30.3 Å². The van der Waals surface area contributed by atoms with Gasteiger partial charge in [0.2, 0.25) is 0 Å². The van der Waals surface area contributed by atoms with Gasteiger partial charge in [-0.1, -0.05) is 43.5 Å². The largest absolute Gasteiger partial charge is 0.480 e. The average molecular weight is 454 g/mol. The smallest absolute Gasteiger partial charge is 0.320 e. The van der Waals surface area contributed by atoms with Crippen molar-refractivity contribution in [1.82, 2.24) is 0 Å². The van der Waals surface area contributed by atoms with Gasteiger partial charge in [0, 0.05) is 22.5 Å². The second kappa shape index (κ2) is 11.5. The molecule has 9 heteroatoms. The molecule has 1 fully saturated rings. The lowest BCUT2D eigenvalue weighted by Crippen LogP contribution is -2.30. The Bertz CT molecular complexity index is 944. The summed E-state index contributed by atoms with van der Waals surface area (Å²) < 4.78 is 25.1. The number of carbonyl (C=O) groups is 1. The molecule has 7 N–H and O–H groups in total. The second-order valence-electron chi connectivity index (χ2n) is 7.47. The first-order valence-electron chi connectivity index (χ1n) is 10.0. The van der Waals surface area contributed by atoms with Crippen LogP contribution in [0.15, 0.2) is 41.3 Å². The van der Waals surface area contributed by atoms with E-state index in [-0.39, 0.29) is 16.4 Å². The molecule has 1 saturated carbocycles. The number of hydrogen-bond donors (Lipinski definition) is 4. The summed E-state index contributed by atoms with van der Waals surface area (Å²) in [5.41, 5.74) is 17.4. The Balaban J connectivity index is 0.000000386. The van der Waals surface area contributed by atoms with E-state index in [1.807, 2.05) is 0 Å². The predicted octanol–water partition coefficient (Wildman–Crippen LogP) is 2.97. The lowest BCUT2D eigenvalue weighted by atomic mass is 9.97. The highest BCUT2D eigenvalue weighted by Gasteiger charge is 2.19. The third kappa shape index (κ3) is 7.16. The van der Waals surface area contributed by atoms with Crippen molar-refractivity contribution in [3.8, 4) is 0 Å². The Labute approximate surface area is 182 Å². The Morgan fingerprint density at radius 1 is 1.10 bits per heavy atom. The minimum atomic E-state index is -3.50. The molecule has 0 saturated heterocycles. The number of nitrogen functional groups attached to an aromatic ring is 1. The summed E-state index contributed by atoms with van der Waals surface area (Å²) in [4.78, 5) is 10.9. The summed E-state index contributed by atoms with van der Waals surface area (Å²) in [5, 5.41) is 9.86. The molecule has 2 aromatic carbocycles. The Morgan fingerprint density at radius 2 is 1.73 bits per heavy atom. The normalized spacial score (nSPS) is 15.9. The fraction of sp³-hybridized carbons (Fsp3) is 0.476. The molecular formula is C21H31N3O4S2. The van der Waals surface area contributed by atoms with Crippen molar-refractivity contribution in [3.05, 3.63) is 36.4 Å². The number of fused-ring (bicyclic) bond motifs is 1. The van der Waals surface area contributed by atoms with Crippen molar-refractivity contribution < 1.29 is 18.3 Å². The zero-order valence-electron chi connectivity index (χ0n) is 17.0. The van der Waals surface area contributed by atoms with E-state index >= 15 is 0 Å². The zero-order valence-corrected chi connectivity index (χ0v) is 18.6. The van der Waals surface area contributed by atoms with Gasteiger partial charge in [0.25, 0.3) is 0 Å². The highest BCUT2D eigenvalue weighted by Crippen LogP contribution is 2.29. The molecule has 3 rings (SSSR count). The molecule has 0 unspecified atom stereocenters. The van der Waals surface area contributed by atoms with Crippen molar-refractivity contribution >= 4 is 44.0 Å². The van der Waals surface area contributed by atoms with E-state index < -0.39 is 21.8 Å². The van der Waals surface area contributed by atoms with Gasteiger partial charge in [0.1, 0.15) is 11.1 Å². The average Bonchev–Trinajstić information content (AvgIpc) is 2.72. The molecule has 0 bridgehead atoms. The predicted molar refractivity (Wildman–Crippen MR) is 124 cm³/mol. The van der Waals surface area contributed by atoms with Crippen LogP contribution in [0.2, 0.25) is 0 Å². The molecule has 0 spiro atoms. The number of hydrogen-bond acceptors (Lipinski definition) is 7. The van der Waals surface area contributed by atoms with Crippen LogP contribution in [0.4, 0.5) is 5.69 Å². The summed E-state index contributed by atoms with van der Waals surface area (Å²) in [7, 11) is -3.50. The summed E-state index contributed by atoms with van der Waals surface area (Å²) in [6, 6.07) is 9.73. The van der Waals surface area contributed by atoms with Gasteiger partial charge < -0.3 is 22.3 Å². The fourth-order valence-electron chi connectivity index (χ4n) is 3.27. The lowest BCUT2D eigenvalue weighted by molar-refractivity contribution is -0.138. The third-order valence-corrected chi connectivity index (χ3v) is 8.49. The standard InChI is InChI=1S/C15H18N2O4S2.C6H13N/c16-12-5-6-14(11-4-2-1-3-10(11)12)23(20,21)9-22-8-7-13(17)15(18)19;7-6-4-2-1-3-5-6/h1-6,13H,7-9,16-17H2,(H,18,19);6H,1-5,7H2/t13-;/m0./s1. The zero-order chi connectivity index (χ0) is 22.1. The van der Waals surface area contributed by atoms with E-state index in [0.29, 0.717) is 28.3 Å². The molecule has 1 aliphatic carbocycles. The number of rotatable bonds is 7. The summed E-state index contributed by atoms with van der Waals surface area (Å²) in [5.74, 6) is -0.724. The van der Waals surface area contributed by atoms with E-state index in [2.05, 4.69) is 0 Å². The lowest BCUT2D eigenvalue weighted by Gasteiger charge is -2.15. The highest BCUT2D eigenvalue weighted by molar-refractivity contribution is 8.12. The SMILES string of the molecule is NC1CCCCC1.Nc1ccc(S(=O)(=O)CSCC[C@H](N)C(=O)O)c2ccccc12. The molecule has 30 heavy (non-hydrogen) atoms. The molecule has 0 heterocycles. The maximum atomic E-state index is 12.5. The molecule has 166 valence electrons. The van der Waals surface area contributed by atoms with E-state index in [1.165, 1.54) is 38.2 Å². The monoisotopic (exact) mass is 453 g/mol. The minimum absolute atomic E-state index is 0.132. The number of thioether (sulfide) groups is 1. The van der Waals surface area contributed by atoms with Crippen LogP contribution < -0.4 is 17.2 Å². The van der Waals surface area contributed by atoms with Gasteiger partial charge in [-0.3, -0.25) is 4.79 Å². The molecule has 0 aliphatic heterocycles. The Kier molecular flexibility index (Phi) is 9.41. The number of aliphatic carboxylic acids is 1. The maximum Gasteiger partial charge on any atom is 0.320 e. The summed E-state index contributed by atoms with van der Waals surface area (Å²) in [6.07, 6.45) is 6.88. The topological polar surface area (TPSA) is 150 Å². The van der Waals surface area contributed by atoms with Gasteiger partial charge >= 0.3 is 5.97 Å². The maximum absolute atomic E-state index is 12.5. The number of nitrogens with two attached hydrogens (primary N) is 3. The molecule has 1 atom stereocenters. The van der Waals surface area contributed by atoms with Crippen molar-refractivity contribution in [2.24, 2.45) is 11.5 Å². The molecule has 7 nitrogen and oxygen atoms in total. The first kappa shape index (κ1) is 24.5. The Hall–Kier alpha value is -1.81. The van der Waals surface area contributed by atoms with E-state index in [9.17, 15) is 13.2 Å². The van der Waals surface area contributed by atoms with Crippen molar-refractivity contribution in [2.45, 2.75) is 55.5 Å². The molecular weight excluding hydrogens is 422 g/mol. The minimum Gasteiger partial charge on any atom is -0.480 e. The molecule has 0 radical (unpaired) electrons. The van der Waals surface area contributed by atoms with E-state index in [0.717, 1.165) is 11.8 Å². The van der Waals surface area contributed by atoms with Crippen molar-refractivity contribution in [2.75, 3.05) is 16.6 Å². The number of carboxylic acids is 1. The van der Waals surface area contributed by atoms with Crippen LogP contribution >= 0.6 is 11.8 Å². The van der Waals surface area contributed by atoms with Crippen LogP contribution in [0.3, 0.4) is 0 Å². The number of benzene rings is 2. The molecule has 2 aromatic rings. The fourth-order valence-corrected chi connectivity index (χ4v) is 6.33. The number of carboxylic acid groups (broad SMARTS) is 1. The molecule has 0 amide bonds. The number of anilines is 1. The van der Waals surface area contributed by atoms with Crippen molar-refractivity contribution in [1.29, 1.82) is 0 Å². The van der Waals surface area contributed by atoms with Crippen LogP contribution in [-0.4, -0.2) is 42.4 Å². The van der Waals surface area contributed by atoms with Gasteiger partial charge in [-0.25, -0.2) is 8.42 Å². The van der Waals surface area contributed by atoms with Crippen LogP contribution in [-0.2, 0) is 14.6 Å². The van der Waals surface area contributed by atoms with Gasteiger partial charge in [0.05, 0.1) is 4.90 Å². The van der Waals surface area contributed by atoms with Crippen molar-refractivity contribution in [3.63, 3.8) is 0 Å². The van der Waals surface area contributed by atoms with Gasteiger partial charge in [-0.05, 0) is 37.1 Å². The van der Waals surface area contributed by atoms with Crippen LogP contribution in [0.5, 0.6) is 0 Å². The summed E-state index contributed by atoms with van der Waals surface area (Å²) >= 11 is 1.15. The van der Waals surface area contributed by atoms with Gasteiger partial charge in [-0.2, -0.15) is 0 Å². The quantitative estimate of drug-likeness (QED) is 0.369. The van der Waals surface area contributed by atoms with E-state index in [4.69, 9.17) is 22.3 Å². The Morgan fingerprint density at radius 3 is 2.30 bits per heavy atom. The molecule has 0 aromatic heterocycles. The van der Waals surface area contributed by atoms with Crippen LogP contribution in [0.25, 0.3) is 10.8 Å². The molecule has 1 aliphatic rings. The first-order chi connectivity index (χ1) is 14.2. The van der Waals surface area contributed by atoms with Gasteiger partial charge in [0.15, 0.2) is 9.84 Å². The number of sulfone groups is 1. The highest BCUT2D eigenvalue weighted by atomic mass is 32.3. The van der Waals surface area contributed by atoms with Crippen LogP contribution in [0.1, 0.15) is 38.5 Å². The second-order valence-corrected chi connectivity index (χ2v) is 10.9. The van der Waals surface area contributed by atoms with Crippen LogP contribution in [0, 0.1) is 0 Å². The first-order valence-corrected chi connectivity index (χ1v) is 12.8. The van der Waals surface area contributed by atoms with Gasteiger partial charge in [-0.15, -0.1) is 11.8 Å². The third-order valence-electron chi connectivity index (χ3n) is 5.03. The summed E-state index contributed by atoms with van der Waals surface area (Å²) in [6.45, 7) is 0.